The third-order valence-electron chi connectivity index (χ3n) is 6.99. The normalized spacial score (nSPS) is 17.3. The fraction of sp³-hybridized carbons (Fsp3) is 0.481. The molecule has 3 heterocycles. The number of benzene rings is 1. The minimum atomic E-state index is -0.341. The zero-order valence-electron chi connectivity index (χ0n) is 20.7. The van der Waals surface area contributed by atoms with Crippen LogP contribution in [0.2, 0.25) is 5.02 Å². The second kappa shape index (κ2) is 10.6. The van der Waals surface area contributed by atoms with E-state index >= 15 is 0 Å². The van der Waals surface area contributed by atoms with Crippen molar-refractivity contribution in [1.29, 1.82) is 0 Å². The topological polar surface area (TPSA) is 89.3 Å². The zero-order chi connectivity index (χ0) is 25.2. The van der Waals surface area contributed by atoms with Crippen LogP contribution in [0.4, 0.5) is 0 Å². The van der Waals surface area contributed by atoms with Crippen molar-refractivity contribution in [2.45, 2.75) is 70.7 Å². The Labute approximate surface area is 215 Å². The number of piperidine rings is 1. The molecule has 190 valence electrons. The van der Waals surface area contributed by atoms with Crippen LogP contribution in [-0.4, -0.2) is 56.6 Å². The molecule has 0 unspecified atom stereocenters. The minimum Gasteiger partial charge on any atom is -0.489 e. The summed E-state index contributed by atoms with van der Waals surface area (Å²) in [4.78, 5) is 38.0. The molecule has 1 aliphatic heterocycles. The fourth-order valence-electron chi connectivity index (χ4n) is 4.96. The molecule has 2 aromatic heterocycles. The maximum absolute atomic E-state index is 13.6. The van der Waals surface area contributed by atoms with E-state index in [1.807, 2.05) is 19.9 Å². The van der Waals surface area contributed by atoms with Gasteiger partial charge in [-0.2, -0.15) is 0 Å². The molecule has 0 bridgehead atoms. The van der Waals surface area contributed by atoms with Crippen LogP contribution in [0.15, 0.2) is 41.3 Å². The number of rotatable bonds is 7. The Balaban J connectivity index is 1.44. The highest BCUT2D eigenvalue weighted by Crippen LogP contribution is 2.29. The quantitative estimate of drug-likeness (QED) is 0.517. The molecule has 2 fully saturated rings. The molecule has 0 radical (unpaired) electrons. The van der Waals surface area contributed by atoms with Crippen LogP contribution < -0.4 is 15.6 Å². The number of fused-ring (bicyclic) bond motifs is 1. The number of aromatic nitrogens is 3. The number of hydrogen-bond donors (Lipinski definition) is 1. The average molecular weight is 510 g/mol. The molecule has 1 aliphatic carbocycles. The molecular weight excluding hydrogens is 478 g/mol. The zero-order valence-corrected chi connectivity index (χ0v) is 21.5. The summed E-state index contributed by atoms with van der Waals surface area (Å²) in [5.74, 6) is 0.630. The molecule has 0 spiro atoms. The summed E-state index contributed by atoms with van der Waals surface area (Å²) in [6.07, 6.45) is 7.61. The van der Waals surface area contributed by atoms with Crippen LogP contribution in [0.25, 0.3) is 22.4 Å². The summed E-state index contributed by atoms with van der Waals surface area (Å²) in [6.45, 7) is 5.67. The number of amides is 1. The number of ether oxygens (including phenoxy) is 1. The molecule has 1 saturated heterocycles. The predicted molar refractivity (Wildman–Crippen MR) is 140 cm³/mol. The van der Waals surface area contributed by atoms with Crippen molar-refractivity contribution in [3.8, 4) is 17.1 Å². The van der Waals surface area contributed by atoms with Gasteiger partial charge in [0.2, 0.25) is 5.91 Å². The van der Waals surface area contributed by atoms with Gasteiger partial charge in [-0.1, -0.05) is 30.2 Å². The number of carbonyl (C=O) groups excluding carboxylic acids is 1. The molecule has 0 atom stereocenters. The molecule has 1 N–H and O–H groups in total. The maximum atomic E-state index is 13.6. The Kier molecular flexibility index (Phi) is 7.25. The van der Waals surface area contributed by atoms with Crippen molar-refractivity contribution in [2.24, 2.45) is 0 Å². The van der Waals surface area contributed by atoms with Crippen LogP contribution in [0.1, 0.15) is 46.0 Å². The number of pyridine rings is 1. The van der Waals surface area contributed by atoms with Crippen LogP contribution in [-0.2, 0) is 11.3 Å². The highest BCUT2D eigenvalue weighted by molar-refractivity contribution is 6.30. The molecule has 2 aliphatic rings. The first-order valence-electron chi connectivity index (χ1n) is 12.7. The largest absolute Gasteiger partial charge is 0.489 e. The van der Waals surface area contributed by atoms with Gasteiger partial charge in [0.05, 0.1) is 11.6 Å². The molecule has 36 heavy (non-hydrogen) atoms. The third-order valence-corrected chi connectivity index (χ3v) is 7.22. The van der Waals surface area contributed by atoms with E-state index in [0.29, 0.717) is 33.2 Å². The summed E-state index contributed by atoms with van der Waals surface area (Å²) in [7, 11) is 0. The van der Waals surface area contributed by atoms with E-state index in [-0.39, 0.29) is 30.2 Å². The van der Waals surface area contributed by atoms with Crippen molar-refractivity contribution in [1.82, 2.24) is 24.8 Å². The number of likely N-dealkylation sites (tertiary alicyclic amines) is 1. The maximum Gasteiger partial charge on any atom is 0.263 e. The monoisotopic (exact) mass is 509 g/mol. The van der Waals surface area contributed by atoms with Gasteiger partial charge in [-0.25, -0.2) is 9.97 Å². The van der Waals surface area contributed by atoms with Crippen molar-refractivity contribution in [2.75, 3.05) is 13.1 Å². The second-order valence-corrected chi connectivity index (χ2v) is 10.5. The van der Waals surface area contributed by atoms with Crippen molar-refractivity contribution in [3.05, 3.63) is 51.9 Å². The van der Waals surface area contributed by atoms with E-state index in [0.717, 1.165) is 32.0 Å². The number of carbonyl (C=O) groups is 1. The van der Waals surface area contributed by atoms with Crippen molar-refractivity contribution in [3.63, 3.8) is 0 Å². The Bertz CT molecular complexity index is 1310. The van der Waals surface area contributed by atoms with Crippen LogP contribution in [0.3, 0.4) is 0 Å². The van der Waals surface area contributed by atoms with Gasteiger partial charge in [0.25, 0.3) is 5.56 Å². The number of halogens is 1. The fourth-order valence-corrected chi connectivity index (χ4v) is 5.15. The molecular formula is C27H32ClN5O3. The lowest BCUT2D eigenvalue weighted by atomic mass is 9.90. The van der Waals surface area contributed by atoms with E-state index in [2.05, 4.69) is 20.2 Å². The second-order valence-electron chi connectivity index (χ2n) is 10.0. The molecule has 8 nitrogen and oxygen atoms in total. The molecule has 5 rings (SSSR count). The first kappa shape index (κ1) is 24.7. The van der Waals surface area contributed by atoms with Crippen molar-refractivity contribution < 1.29 is 9.53 Å². The van der Waals surface area contributed by atoms with Gasteiger partial charge in [0.1, 0.15) is 24.2 Å². The first-order chi connectivity index (χ1) is 17.4. The summed E-state index contributed by atoms with van der Waals surface area (Å²) >= 11 is 6.20. The number of nitrogens with one attached hydrogen (secondary N) is 1. The molecule has 1 aromatic carbocycles. The van der Waals surface area contributed by atoms with Gasteiger partial charge < -0.3 is 15.0 Å². The lowest BCUT2D eigenvalue weighted by molar-refractivity contribution is -0.122. The Morgan fingerprint density at radius 3 is 2.64 bits per heavy atom. The highest BCUT2D eigenvalue weighted by atomic mass is 35.5. The SMILES string of the molecule is CC(C)NC(=O)Cn1c(-c2cccc(Cl)c2)nc2ncc(OC3CCN(C4CCC4)CC3)cc2c1=O. The van der Waals surface area contributed by atoms with E-state index < -0.39 is 0 Å². The van der Waals surface area contributed by atoms with Gasteiger partial charge in [-0.15, -0.1) is 0 Å². The predicted octanol–water partition coefficient (Wildman–Crippen LogP) is 4.03. The summed E-state index contributed by atoms with van der Waals surface area (Å²) in [6, 6.07) is 9.47. The third kappa shape index (κ3) is 5.39. The van der Waals surface area contributed by atoms with Gasteiger partial charge >= 0.3 is 0 Å². The number of hydrogen-bond acceptors (Lipinski definition) is 6. The first-order valence-corrected chi connectivity index (χ1v) is 13.1. The molecule has 3 aromatic rings. The highest BCUT2D eigenvalue weighted by Gasteiger charge is 2.29. The smallest absolute Gasteiger partial charge is 0.263 e. The van der Waals surface area contributed by atoms with Gasteiger partial charge in [-0.05, 0) is 57.7 Å². The molecule has 1 saturated carbocycles. The Hall–Kier alpha value is -2.97. The Morgan fingerprint density at radius 2 is 1.97 bits per heavy atom. The lowest BCUT2D eigenvalue weighted by Gasteiger charge is -2.41. The summed E-state index contributed by atoms with van der Waals surface area (Å²) in [5.41, 5.74) is 0.605. The minimum absolute atomic E-state index is 0.0476. The molecule has 9 heteroatoms. The van der Waals surface area contributed by atoms with E-state index in [1.54, 1.807) is 30.5 Å². The van der Waals surface area contributed by atoms with Crippen LogP contribution in [0, 0.1) is 0 Å². The van der Waals surface area contributed by atoms with E-state index in [9.17, 15) is 9.59 Å². The lowest BCUT2D eigenvalue weighted by Crippen LogP contribution is -2.46. The van der Waals surface area contributed by atoms with Crippen LogP contribution in [0.5, 0.6) is 5.75 Å². The van der Waals surface area contributed by atoms with Gasteiger partial charge in [0.15, 0.2) is 5.65 Å². The summed E-state index contributed by atoms with van der Waals surface area (Å²) in [5, 5.41) is 3.68. The molecule has 1 amide bonds. The van der Waals surface area contributed by atoms with E-state index in [4.69, 9.17) is 16.3 Å². The standard InChI is InChI=1S/C27H32ClN5O3/c1-17(2)30-24(34)16-33-26(18-5-3-6-19(28)13-18)31-25-23(27(33)35)14-22(15-29-25)36-21-9-11-32(12-10-21)20-7-4-8-20/h3,5-6,13-15,17,20-21H,4,7-12,16H2,1-2H3,(H,30,34). The summed E-state index contributed by atoms with van der Waals surface area (Å²) < 4.78 is 7.62. The Morgan fingerprint density at radius 1 is 1.19 bits per heavy atom. The van der Waals surface area contributed by atoms with Gasteiger partial charge in [-0.3, -0.25) is 14.2 Å². The van der Waals surface area contributed by atoms with E-state index in [1.165, 1.54) is 23.8 Å². The number of nitrogens with zero attached hydrogens (tertiary/aromatic N) is 4. The average Bonchev–Trinajstić information content (AvgIpc) is 2.81. The van der Waals surface area contributed by atoms with Gasteiger partial charge in [0, 0.05) is 35.8 Å². The van der Waals surface area contributed by atoms with Crippen LogP contribution >= 0.6 is 11.6 Å². The van der Waals surface area contributed by atoms with Crippen molar-refractivity contribution >= 4 is 28.5 Å².